The molecule has 0 saturated carbocycles. The Morgan fingerprint density at radius 2 is 0.755 bits per heavy atom. The first-order chi connectivity index (χ1) is 25.7. The molecule has 0 bridgehead atoms. The van der Waals surface area contributed by atoms with E-state index < -0.39 is 47.2 Å². The Morgan fingerprint density at radius 3 is 1.11 bits per heavy atom. The molecule has 2 rings (SSSR count). The summed E-state index contributed by atoms with van der Waals surface area (Å²) < 4.78 is 119. The smallest absolute Gasteiger partial charge is 0.313 e. The Morgan fingerprint density at radius 1 is 0.453 bits per heavy atom. The van der Waals surface area contributed by atoms with Gasteiger partial charge in [0.25, 0.3) is 0 Å². The number of benzene rings is 2. The van der Waals surface area contributed by atoms with Crippen molar-refractivity contribution in [2.45, 2.75) is 19.8 Å². The highest BCUT2D eigenvalue weighted by atomic mass is 19.2. The number of anilines is 1. The van der Waals surface area contributed by atoms with Crippen LogP contribution in [0.15, 0.2) is 24.3 Å². The highest BCUT2D eigenvalue weighted by molar-refractivity contribution is 5.90. The van der Waals surface area contributed by atoms with Crippen molar-refractivity contribution in [1.82, 2.24) is 0 Å². The minimum atomic E-state index is -2.35. The van der Waals surface area contributed by atoms with E-state index in [9.17, 15) is 31.5 Å². The van der Waals surface area contributed by atoms with Crippen molar-refractivity contribution in [3.05, 3.63) is 58.9 Å². The number of rotatable bonds is 32. The van der Waals surface area contributed by atoms with E-state index >= 15 is 0 Å². The molecule has 0 unspecified atom stereocenters. The third-order valence-electron chi connectivity index (χ3n) is 6.62. The number of halogens is 5. The molecule has 0 radical (unpaired) electrons. The van der Waals surface area contributed by atoms with Crippen LogP contribution in [0.25, 0.3) is 0 Å². The van der Waals surface area contributed by atoms with E-state index in [1.54, 1.807) is 0 Å². The van der Waals surface area contributed by atoms with Gasteiger partial charge in [-0.1, -0.05) is 17.7 Å². The molecule has 0 aromatic heterocycles. The normalized spacial score (nSPS) is 11.3. The molecule has 300 valence electrons. The fourth-order valence-corrected chi connectivity index (χ4v) is 3.88. The van der Waals surface area contributed by atoms with Crippen LogP contribution < -0.4 is 10.1 Å². The summed E-state index contributed by atoms with van der Waals surface area (Å²) in [7, 11) is 0. The standard InChI is InChI=1S/C35H48F5NO12/c1-26-2-4-27(5-3-26)41-28(42)6-8-44-10-12-46-14-16-48-18-20-50-22-24-52-25-23-51-21-19-49-17-15-47-13-11-45-9-7-29(43)53-35-33(39)31(37)30(36)32(38)34(35)40/h2-5H,6-25H2,1H3,(H,41,42). The number of aryl methyl sites for hydroxylation is 1. The predicted octanol–water partition coefficient (Wildman–Crippen LogP) is 4.16. The van der Waals surface area contributed by atoms with Crippen molar-refractivity contribution in [2.24, 2.45) is 0 Å². The zero-order chi connectivity index (χ0) is 38.5. The van der Waals surface area contributed by atoms with Gasteiger partial charge in [-0.25, -0.2) is 13.2 Å². The lowest BCUT2D eigenvalue weighted by Crippen LogP contribution is -2.16. The first-order valence-electron chi connectivity index (χ1n) is 17.0. The fourth-order valence-electron chi connectivity index (χ4n) is 3.88. The van der Waals surface area contributed by atoms with Gasteiger partial charge in [0.05, 0.1) is 132 Å². The van der Waals surface area contributed by atoms with Crippen LogP contribution in [-0.4, -0.2) is 131 Å². The number of ether oxygens (including phenoxy) is 10. The zero-order valence-corrected chi connectivity index (χ0v) is 29.7. The number of amides is 1. The Hall–Kier alpha value is -3.33. The molecule has 0 heterocycles. The number of nitrogens with one attached hydrogen (secondary N) is 1. The number of esters is 1. The summed E-state index contributed by atoms with van der Waals surface area (Å²) in [4.78, 5) is 23.6. The average Bonchev–Trinajstić information content (AvgIpc) is 3.15. The van der Waals surface area contributed by atoms with Crippen LogP contribution in [0.3, 0.4) is 0 Å². The summed E-state index contributed by atoms with van der Waals surface area (Å²) in [5.74, 6) is -14.3. The summed E-state index contributed by atoms with van der Waals surface area (Å²) in [5, 5.41) is 2.82. The summed E-state index contributed by atoms with van der Waals surface area (Å²) >= 11 is 0. The first-order valence-corrected chi connectivity index (χ1v) is 17.0. The molecule has 13 nitrogen and oxygen atoms in total. The van der Waals surface area contributed by atoms with E-state index in [4.69, 9.17) is 42.6 Å². The van der Waals surface area contributed by atoms with Crippen LogP contribution in [0.2, 0.25) is 0 Å². The zero-order valence-electron chi connectivity index (χ0n) is 29.7. The van der Waals surface area contributed by atoms with Crippen molar-refractivity contribution in [1.29, 1.82) is 0 Å². The van der Waals surface area contributed by atoms with E-state index in [-0.39, 0.29) is 38.8 Å². The second kappa shape index (κ2) is 29.1. The molecule has 0 saturated heterocycles. The van der Waals surface area contributed by atoms with E-state index in [2.05, 4.69) is 10.1 Å². The molecule has 0 aliphatic rings. The number of carbonyl (C=O) groups is 2. The van der Waals surface area contributed by atoms with Gasteiger partial charge in [0.15, 0.2) is 0 Å². The molecule has 0 atom stereocenters. The van der Waals surface area contributed by atoms with Gasteiger partial charge in [-0.2, -0.15) is 8.78 Å². The molecular weight excluding hydrogens is 721 g/mol. The maximum Gasteiger partial charge on any atom is 0.313 e. The Kier molecular flexibility index (Phi) is 25.1. The van der Waals surface area contributed by atoms with Crippen LogP contribution in [0, 0.1) is 36.0 Å². The first kappa shape index (κ1) is 45.8. The molecule has 0 fully saturated rings. The summed E-state index contributed by atoms with van der Waals surface area (Å²) in [6.07, 6.45) is -0.222. The monoisotopic (exact) mass is 769 g/mol. The molecule has 2 aromatic carbocycles. The largest absolute Gasteiger partial charge is 0.420 e. The Labute approximate surface area is 305 Å². The van der Waals surface area contributed by atoms with Gasteiger partial charge in [-0.05, 0) is 19.1 Å². The van der Waals surface area contributed by atoms with Gasteiger partial charge >= 0.3 is 5.97 Å². The second-order valence-corrected chi connectivity index (χ2v) is 10.8. The molecular formula is C35H48F5NO12. The molecule has 2 aromatic rings. The van der Waals surface area contributed by atoms with E-state index in [0.717, 1.165) is 11.3 Å². The van der Waals surface area contributed by atoms with Crippen LogP contribution in [-0.2, 0) is 52.2 Å². The van der Waals surface area contributed by atoms with Gasteiger partial charge in [0.2, 0.25) is 40.7 Å². The van der Waals surface area contributed by atoms with Crippen molar-refractivity contribution in [3.8, 4) is 5.75 Å². The number of hydrogen-bond donors (Lipinski definition) is 1. The maximum absolute atomic E-state index is 13.5. The highest BCUT2D eigenvalue weighted by Gasteiger charge is 2.28. The molecule has 18 heteroatoms. The third-order valence-corrected chi connectivity index (χ3v) is 6.62. The Balaban J connectivity index is 1.23. The van der Waals surface area contributed by atoms with Crippen LogP contribution >= 0.6 is 0 Å². The van der Waals surface area contributed by atoms with E-state index in [1.807, 2.05) is 31.2 Å². The number of carbonyl (C=O) groups excluding carboxylic acids is 2. The lowest BCUT2D eigenvalue weighted by atomic mass is 10.2. The molecule has 0 aliphatic carbocycles. The molecule has 0 aliphatic heterocycles. The number of hydrogen-bond acceptors (Lipinski definition) is 12. The molecule has 0 spiro atoms. The van der Waals surface area contributed by atoms with Gasteiger partial charge in [-0.15, -0.1) is 0 Å². The van der Waals surface area contributed by atoms with E-state index in [1.165, 1.54) is 0 Å². The van der Waals surface area contributed by atoms with Crippen LogP contribution in [0.4, 0.5) is 27.6 Å². The fraction of sp³-hybridized carbons (Fsp3) is 0.600. The summed E-state index contributed by atoms with van der Waals surface area (Å²) in [5.41, 5.74) is 1.89. The minimum absolute atomic E-state index is 0.0755. The maximum atomic E-state index is 13.5. The summed E-state index contributed by atoms with van der Waals surface area (Å²) in [6, 6.07) is 7.59. The lowest BCUT2D eigenvalue weighted by molar-refractivity contribution is -0.136. The van der Waals surface area contributed by atoms with Crippen molar-refractivity contribution in [3.63, 3.8) is 0 Å². The molecule has 53 heavy (non-hydrogen) atoms. The van der Waals surface area contributed by atoms with Crippen molar-refractivity contribution >= 4 is 17.6 Å². The second-order valence-electron chi connectivity index (χ2n) is 10.8. The van der Waals surface area contributed by atoms with Crippen LogP contribution in [0.5, 0.6) is 5.75 Å². The molecule has 1 amide bonds. The Bertz CT molecular complexity index is 1280. The van der Waals surface area contributed by atoms with E-state index in [0.29, 0.717) is 92.5 Å². The van der Waals surface area contributed by atoms with Gasteiger partial charge < -0.3 is 52.7 Å². The van der Waals surface area contributed by atoms with Crippen molar-refractivity contribution < 1.29 is 78.9 Å². The third kappa shape index (κ3) is 21.2. The van der Waals surface area contributed by atoms with Crippen LogP contribution in [0.1, 0.15) is 18.4 Å². The van der Waals surface area contributed by atoms with Gasteiger partial charge in [0, 0.05) is 5.69 Å². The SMILES string of the molecule is Cc1ccc(NC(=O)CCOCCOCCOCCOCCOCCOCCOCCOCCOCCC(=O)Oc2c(F)c(F)c(F)c(F)c2F)cc1. The van der Waals surface area contributed by atoms with Gasteiger partial charge in [0.1, 0.15) is 0 Å². The topological polar surface area (TPSA) is 138 Å². The predicted molar refractivity (Wildman–Crippen MR) is 178 cm³/mol. The van der Waals surface area contributed by atoms with Gasteiger partial charge in [-0.3, -0.25) is 9.59 Å². The highest BCUT2D eigenvalue weighted by Crippen LogP contribution is 2.29. The quantitative estimate of drug-likeness (QED) is 0.0286. The minimum Gasteiger partial charge on any atom is -0.420 e. The molecule has 1 N–H and O–H groups in total. The lowest BCUT2D eigenvalue weighted by Gasteiger charge is -2.09. The summed E-state index contributed by atoms with van der Waals surface area (Å²) in [6.45, 7) is 7.75. The van der Waals surface area contributed by atoms with Crippen molar-refractivity contribution in [2.75, 3.05) is 124 Å². The average molecular weight is 770 g/mol.